The van der Waals surface area contributed by atoms with Gasteiger partial charge in [0.2, 0.25) is 17.7 Å². The van der Waals surface area contributed by atoms with Crippen LogP contribution < -0.4 is 9.77 Å². The summed E-state index contributed by atoms with van der Waals surface area (Å²) >= 11 is 1.82. The van der Waals surface area contributed by atoms with Crippen molar-refractivity contribution in [3.05, 3.63) is 68.5 Å². The molecule has 3 atom stereocenters. The molecule has 3 aliphatic rings. The first-order chi connectivity index (χ1) is 18.7. The molecule has 0 bridgehead atoms. The highest BCUT2D eigenvalue weighted by Gasteiger charge is 2.58. The molecule has 2 saturated heterocycles. The van der Waals surface area contributed by atoms with Gasteiger partial charge in [-0.2, -0.15) is 13.2 Å². The van der Waals surface area contributed by atoms with Gasteiger partial charge in [0.25, 0.3) is 0 Å². The maximum absolute atomic E-state index is 13.8. The molecule has 1 aromatic carbocycles. The normalized spacial score (nSPS) is 23.2. The van der Waals surface area contributed by atoms with Crippen molar-refractivity contribution in [1.82, 2.24) is 9.47 Å². The topological polar surface area (TPSA) is 92.8 Å². The highest BCUT2D eigenvalue weighted by Crippen LogP contribution is 2.54. The molecule has 0 radical (unpaired) electrons. The minimum absolute atomic E-state index is 0.218. The number of hydrogen-bond acceptors (Lipinski definition) is 7. The molecule has 0 unspecified atom stereocenters. The van der Waals surface area contributed by atoms with Crippen LogP contribution in [0.1, 0.15) is 41.4 Å². The van der Waals surface area contributed by atoms with Crippen LogP contribution in [0.3, 0.4) is 0 Å². The summed E-state index contributed by atoms with van der Waals surface area (Å²) in [5.74, 6) is -3.46. The maximum Gasteiger partial charge on any atom is 0.418 e. The van der Waals surface area contributed by atoms with Crippen LogP contribution >= 0.6 is 23.1 Å². The van der Waals surface area contributed by atoms with E-state index in [9.17, 15) is 32.3 Å². The second-order valence-electron chi connectivity index (χ2n) is 9.65. The molecule has 0 saturated carbocycles. The van der Waals surface area contributed by atoms with Crippen LogP contribution in [-0.2, 0) is 27.1 Å². The number of para-hydroxylation sites is 1. The van der Waals surface area contributed by atoms with Crippen molar-refractivity contribution in [1.29, 1.82) is 0 Å². The number of anilines is 1. The third-order valence-electron chi connectivity index (χ3n) is 7.35. The molecule has 0 spiro atoms. The Hall–Kier alpha value is -3.32. The van der Waals surface area contributed by atoms with Crippen LogP contribution in [0.25, 0.3) is 0 Å². The molecule has 13 heteroatoms. The fraction of sp³-hybridized carbons (Fsp3) is 0.385. The number of thioether (sulfide) groups is 1. The number of amides is 3. The maximum atomic E-state index is 13.8. The summed E-state index contributed by atoms with van der Waals surface area (Å²) in [6, 6.07) is 7.68. The van der Waals surface area contributed by atoms with E-state index in [-0.39, 0.29) is 12.5 Å². The number of benzene rings is 1. The number of hydrogen-bond donors (Lipinski definition) is 0. The number of thiazole rings is 1. The molecule has 39 heavy (non-hydrogen) atoms. The predicted octanol–water partition coefficient (Wildman–Crippen LogP) is 4.33. The van der Waals surface area contributed by atoms with E-state index in [2.05, 4.69) is 0 Å². The largest absolute Gasteiger partial charge is 0.469 e. The van der Waals surface area contributed by atoms with E-state index in [1.54, 1.807) is 17.0 Å². The van der Waals surface area contributed by atoms with Crippen LogP contribution in [0.4, 0.5) is 18.9 Å². The van der Waals surface area contributed by atoms with E-state index in [4.69, 9.17) is 4.42 Å². The predicted molar refractivity (Wildman–Crippen MR) is 137 cm³/mol. The van der Waals surface area contributed by atoms with Crippen molar-refractivity contribution >= 4 is 46.5 Å². The molecule has 2 fully saturated rings. The standard InChI is InChI=1S/C26H22F3N3O5S2/c27-26(28,29)14-7-2-3-8-15(14)32-22(34)19-18(16-9-6-12-37-16)21-24(38-20(19)23(32)35)31(25(36)39-21)13-17(33)30-10-4-1-5-11-30/h2-3,6-9,12,18-20H,1,4-5,10-11,13H2/t18-,19-,20+/m0/s1. The van der Waals surface area contributed by atoms with Gasteiger partial charge in [0, 0.05) is 13.1 Å². The zero-order chi connectivity index (χ0) is 27.5. The van der Waals surface area contributed by atoms with Crippen LogP contribution in [-0.4, -0.2) is 45.5 Å². The Labute approximate surface area is 228 Å². The average molecular weight is 578 g/mol. The van der Waals surface area contributed by atoms with E-state index in [0.29, 0.717) is 33.7 Å². The third-order valence-corrected chi connectivity index (χ3v) is 9.96. The lowest BCUT2D eigenvalue weighted by molar-refractivity contribution is -0.137. The highest BCUT2D eigenvalue weighted by molar-refractivity contribution is 8.00. The summed E-state index contributed by atoms with van der Waals surface area (Å²) in [6.07, 6.45) is -0.595. The summed E-state index contributed by atoms with van der Waals surface area (Å²) in [6.45, 7) is 0.989. The average Bonchev–Trinajstić information content (AvgIpc) is 3.61. The minimum Gasteiger partial charge on any atom is -0.469 e. The van der Waals surface area contributed by atoms with Crippen LogP contribution in [0.15, 0.2) is 56.9 Å². The molecular weight excluding hydrogens is 555 g/mol. The molecular formula is C26H22F3N3O5S2. The van der Waals surface area contributed by atoms with Gasteiger partial charge in [-0.25, -0.2) is 4.90 Å². The second-order valence-corrected chi connectivity index (χ2v) is 11.8. The van der Waals surface area contributed by atoms with Crippen LogP contribution in [0.5, 0.6) is 0 Å². The number of carbonyl (C=O) groups excluding carboxylic acids is 3. The molecule has 8 nitrogen and oxygen atoms in total. The number of aromatic nitrogens is 1. The van der Waals surface area contributed by atoms with Gasteiger partial charge in [-0.1, -0.05) is 35.2 Å². The quantitative estimate of drug-likeness (QED) is 0.429. The number of rotatable bonds is 4. The number of carbonyl (C=O) groups is 3. The molecule has 5 heterocycles. The first-order valence-electron chi connectivity index (χ1n) is 12.4. The van der Waals surface area contributed by atoms with Crippen molar-refractivity contribution in [2.45, 2.75) is 48.2 Å². The summed E-state index contributed by atoms with van der Waals surface area (Å²) in [5.41, 5.74) is -1.63. The lowest BCUT2D eigenvalue weighted by Gasteiger charge is -2.30. The highest BCUT2D eigenvalue weighted by atomic mass is 32.2. The number of fused-ring (bicyclic) bond motifs is 2. The lowest BCUT2D eigenvalue weighted by Crippen LogP contribution is -2.39. The van der Waals surface area contributed by atoms with Gasteiger partial charge >= 0.3 is 11.0 Å². The molecule has 3 amide bonds. The first kappa shape index (κ1) is 25.9. The van der Waals surface area contributed by atoms with E-state index in [1.165, 1.54) is 23.0 Å². The number of likely N-dealkylation sites (tertiary alicyclic amines) is 1. The van der Waals surface area contributed by atoms with Gasteiger partial charge in [0.1, 0.15) is 17.6 Å². The number of nitrogens with zero attached hydrogens (tertiary/aromatic N) is 3. The second kappa shape index (κ2) is 9.70. The number of imide groups is 1. The van der Waals surface area contributed by atoms with Gasteiger partial charge in [0.05, 0.1) is 39.3 Å². The Bertz CT molecular complexity index is 1510. The Morgan fingerprint density at radius 3 is 2.44 bits per heavy atom. The number of furan rings is 1. The van der Waals surface area contributed by atoms with Gasteiger partial charge < -0.3 is 9.32 Å². The first-order valence-corrected chi connectivity index (χ1v) is 14.1. The Kier molecular flexibility index (Phi) is 6.45. The molecule has 204 valence electrons. The molecule has 0 N–H and O–H groups in total. The number of halogens is 3. The van der Waals surface area contributed by atoms with E-state index in [0.717, 1.165) is 54.5 Å². The molecule has 3 aliphatic heterocycles. The molecule has 0 aliphatic carbocycles. The van der Waals surface area contributed by atoms with Crippen molar-refractivity contribution in [3.63, 3.8) is 0 Å². The summed E-state index contributed by atoms with van der Waals surface area (Å²) in [4.78, 5) is 56.0. The monoisotopic (exact) mass is 577 g/mol. The Morgan fingerprint density at radius 2 is 1.74 bits per heavy atom. The third kappa shape index (κ3) is 4.31. The zero-order valence-corrected chi connectivity index (χ0v) is 22.0. The van der Waals surface area contributed by atoms with E-state index >= 15 is 0 Å². The molecule has 3 aromatic rings. The van der Waals surface area contributed by atoms with Crippen molar-refractivity contribution < 1.29 is 32.0 Å². The van der Waals surface area contributed by atoms with Crippen molar-refractivity contribution in [2.75, 3.05) is 18.0 Å². The van der Waals surface area contributed by atoms with Crippen molar-refractivity contribution in [3.8, 4) is 0 Å². The number of piperidine rings is 1. The number of alkyl halides is 3. The fourth-order valence-corrected chi connectivity index (χ4v) is 8.31. The van der Waals surface area contributed by atoms with E-state index in [1.807, 2.05) is 0 Å². The van der Waals surface area contributed by atoms with Gasteiger partial charge in [-0.3, -0.25) is 23.7 Å². The Morgan fingerprint density at radius 1 is 1.00 bits per heavy atom. The van der Waals surface area contributed by atoms with Gasteiger partial charge in [-0.15, -0.1) is 0 Å². The van der Waals surface area contributed by atoms with Crippen LogP contribution in [0.2, 0.25) is 0 Å². The fourth-order valence-electron chi connectivity index (χ4n) is 5.55. The molecule has 6 rings (SSSR count). The van der Waals surface area contributed by atoms with Gasteiger partial charge in [-0.05, 0) is 43.5 Å². The van der Waals surface area contributed by atoms with E-state index < -0.39 is 51.2 Å². The van der Waals surface area contributed by atoms with Crippen LogP contribution in [0, 0.1) is 5.92 Å². The summed E-state index contributed by atoms with van der Waals surface area (Å²) in [5, 5.41) is -0.739. The SMILES string of the molecule is O=C(Cn1c2c(sc1=O)[C@@H](c1ccco1)[C@@H]1C(=O)N(c3ccccc3C(F)(F)F)C(=O)[C@@H]1S2)N1CCCCC1. The smallest absolute Gasteiger partial charge is 0.418 e. The minimum atomic E-state index is -4.79. The summed E-state index contributed by atoms with van der Waals surface area (Å²) in [7, 11) is 0. The van der Waals surface area contributed by atoms with Crippen molar-refractivity contribution in [2.24, 2.45) is 5.92 Å². The van der Waals surface area contributed by atoms with Gasteiger partial charge in [0.15, 0.2) is 0 Å². The lowest BCUT2D eigenvalue weighted by atomic mass is 9.86. The Balaban J connectivity index is 1.43. The zero-order valence-electron chi connectivity index (χ0n) is 20.3. The molecule has 2 aromatic heterocycles. The summed E-state index contributed by atoms with van der Waals surface area (Å²) < 4.78 is 48.4.